The number of nitrogens with one attached hydrogen (secondary N) is 1. The van der Waals surface area contributed by atoms with Crippen LogP contribution < -0.4 is 14.8 Å². The van der Waals surface area contributed by atoms with Crippen molar-refractivity contribution in [1.82, 2.24) is 5.32 Å². The Morgan fingerprint density at radius 3 is 2.72 bits per heavy atom. The minimum atomic E-state index is 0.354. The second kappa shape index (κ2) is 6.34. The Morgan fingerprint density at radius 2 is 2.06 bits per heavy atom. The van der Waals surface area contributed by atoms with Crippen LogP contribution in [-0.4, -0.2) is 30.9 Å². The van der Waals surface area contributed by atoms with Gasteiger partial charge in [-0.3, -0.25) is 0 Å². The van der Waals surface area contributed by atoms with Gasteiger partial charge in [-0.15, -0.1) is 0 Å². The van der Waals surface area contributed by atoms with Gasteiger partial charge < -0.3 is 14.8 Å². The number of fused-ring (bicyclic) bond motifs is 1. The summed E-state index contributed by atoms with van der Waals surface area (Å²) in [6.45, 7) is 4.35. The van der Waals surface area contributed by atoms with Crippen molar-refractivity contribution < 1.29 is 9.47 Å². The van der Waals surface area contributed by atoms with Crippen molar-refractivity contribution in [2.45, 2.75) is 31.6 Å². The van der Waals surface area contributed by atoms with Gasteiger partial charge in [-0.1, -0.05) is 19.9 Å². The third-order valence-electron chi connectivity index (χ3n) is 3.07. The molecule has 0 amide bonds. The molecule has 1 saturated heterocycles. The van der Waals surface area contributed by atoms with E-state index in [9.17, 15) is 0 Å². The lowest BCUT2D eigenvalue weighted by Crippen LogP contribution is -2.32. The SMILES string of the molecule is CC.CNC(Cc1ccc2c(c1)OCO2)C1CS1. The van der Waals surface area contributed by atoms with E-state index in [4.69, 9.17) is 9.47 Å². The summed E-state index contributed by atoms with van der Waals surface area (Å²) in [6, 6.07) is 6.81. The van der Waals surface area contributed by atoms with E-state index in [1.807, 2.05) is 38.7 Å². The molecule has 1 N–H and O–H groups in total. The lowest BCUT2D eigenvalue weighted by Gasteiger charge is -2.14. The molecule has 2 atom stereocenters. The second-order valence-electron chi connectivity index (χ2n) is 4.16. The van der Waals surface area contributed by atoms with Crippen LogP contribution in [0.2, 0.25) is 0 Å². The quantitative estimate of drug-likeness (QED) is 0.850. The summed E-state index contributed by atoms with van der Waals surface area (Å²) in [5.74, 6) is 3.04. The summed E-state index contributed by atoms with van der Waals surface area (Å²) in [5, 5.41) is 4.17. The van der Waals surface area contributed by atoms with E-state index in [0.29, 0.717) is 12.8 Å². The minimum absolute atomic E-state index is 0.354. The Balaban J connectivity index is 0.000000574. The fraction of sp³-hybridized carbons (Fsp3) is 0.571. The topological polar surface area (TPSA) is 30.5 Å². The summed E-state index contributed by atoms with van der Waals surface area (Å²) in [5.41, 5.74) is 1.32. The molecule has 2 heterocycles. The van der Waals surface area contributed by atoms with Crippen molar-refractivity contribution in [3.8, 4) is 11.5 Å². The molecule has 1 aromatic rings. The molecule has 2 aliphatic rings. The number of benzene rings is 1. The third kappa shape index (κ3) is 3.12. The van der Waals surface area contributed by atoms with Gasteiger partial charge >= 0.3 is 0 Å². The van der Waals surface area contributed by atoms with Gasteiger partial charge in [-0.05, 0) is 31.2 Å². The normalized spacial score (nSPS) is 20.9. The van der Waals surface area contributed by atoms with E-state index in [1.165, 1.54) is 11.3 Å². The first kappa shape index (κ1) is 13.6. The average molecular weight is 267 g/mol. The molecule has 3 nitrogen and oxygen atoms in total. The van der Waals surface area contributed by atoms with Gasteiger partial charge in [0, 0.05) is 17.0 Å². The van der Waals surface area contributed by atoms with Gasteiger partial charge in [0.05, 0.1) is 0 Å². The lowest BCUT2D eigenvalue weighted by atomic mass is 10.0. The van der Waals surface area contributed by atoms with Crippen molar-refractivity contribution >= 4 is 11.8 Å². The van der Waals surface area contributed by atoms with Crippen LogP contribution in [0, 0.1) is 0 Å². The summed E-state index contributed by atoms with van der Waals surface area (Å²) in [7, 11) is 2.04. The number of rotatable bonds is 4. The number of likely N-dealkylation sites (N-methyl/N-ethyl adjacent to an activating group) is 1. The van der Waals surface area contributed by atoms with Crippen molar-refractivity contribution in [3.63, 3.8) is 0 Å². The number of thioether (sulfide) groups is 1. The molecule has 0 saturated carbocycles. The molecule has 0 radical (unpaired) electrons. The first-order valence-electron chi connectivity index (χ1n) is 6.54. The Labute approximate surface area is 113 Å². The van der Waals surface area contributed by atoms with E-state index in [1.54, 1.807) is 0 Å². The molecule has 100 valence electrons. The Hall–Kier alpha value is -0.870. The second-order valence-corrected chi connectivity index (χ2v) is 5.43. The smallest absolute Gasteiger partial charge is 0.231 e. The number of ether oxygens (including phenoxy) is 2. The van der Waals surface area contributed by atoms with E-state index >= 15 is 0 Å². The first-order valence-corrected chi connectivity index (χ1v) is 7.59. The summed E-state index contributed by atoms with van der Waals surface area (Å²) >= 11 is 2.03. The maximum Gasteiger partial charge on any atom is 0.231 e. The van der Waals surface area contributed by atoms with Crippen molar-refractivity contribution in [2.24, 2.45) is 0 Å². The van der Waals surface area contributed by atoms with E-state index in [-0.39, 0.29) is 0 Å². The Morgan fingerprint density at radius 1 is 1.33 bits per heavy atom. The molecule has 2 aliphatic heterocycles. The van der Waals surface area contributed by atoms with E-state index in [2.05, 4.69) is 17.4 Å². The summed E-state index contributed by atoms with van der Waals surface area (Å²) < 4.78 is 10.7. The predicted molar refractivity (Wildman–Crippen MR) is 76.7 cm³/mol. The number of hydrogen-bond donors (Lipinski definition) is 1. The van der Waals surface area contributed by atoms with Crippen LogP contribution in [0.1, 0.15) is 19.4 Å². The molecule has 0 aromatic heterocycles. The first-order chi connectivity index (χ1) is 8.86. The summed E-state index contributed by atoms with van der Waals surface area (Å²) in [6.07, 6.45) is 1.06. The van der Waals surface area contributed by atoms with Gasteiger partial charge in [0.1, 0.15) is 0 Å². The van der Waals surface area contributed by atoms with Crippen molar-refractivity contribution in [2.75, 3.05) is 19.6 Å². The molecule has 18 heavy (non-hydrogen) atoms. The van der Waals surface area contributed by atoms with Crippen LogP contribution in [0.4, 0.5) is 0 Å². The monoisotopic (exact) mass is 267 g/mol. The van der Waals surface area contributed by atoms with Crippen LogP contribution in [0.15, 0.2) is 18.2 Å². The maximum atomic E-state index is 5.38. The zero-order chi connectivity index (χ0) is 13.0. The van der Waals surface area contributed by atoms with Crippen molar-refractivity contribution in [1.29, 1.82) is 0 Å². The van der Waals surface area contributed by atoms with Gasteiger partial charge in [-0.2, -0.15) is 11.8 Å². The number of hydrogen-bond acceptors (Lipinski definition) is 4. The maximum absolute atomic E-state index is 5.38. The zero-order valence-corrected chi connectivity index (χ0v) is 12.0. The molecule has 0 bridgehead atoms. The van der Waals surface area contributed by atoms with Crippen LogP contribution in [0.25, 0.3) is 0 Å². The lowest BCUT2D eigenvalue weighted by molar-refractivity contribution is 0.174. The van der Waals surface area contributed by atoms with Gasteiger partial charge in [-0.25, -0.2) is 0 Å². The molecular weight excluding hydrogens is 246 g/mol. The highest BCUT2D eigenvalue weighted by molar-refractivity contribution is 8.07. The van der Waals surface area contributed by atoms with E-state index < -0.39 is 0 Å². The largest absolute Gasteiger partial charge is 0.454 e. The average Bonchev–Trinajstić information content (AvgIpc) is 3.16. The Bertz CT molecular complexity index is 393. The van der Waals surface area contributed by atoms with Crippen LogP contribution in [0.3, 0.4) is 0 Å². The molecule has 0 aliphatic carbocycles. The molecule has 2 unspecified atom stereocenters. The molecule has 1 fully saturated rings. The molecule has 3 rings (SSSR count). The van der Waals surface area contributed by atoms with Crippen molar-refractivity contribution in [3.05, 3.63) is 23.8 Å². The predicted octanol–water partition coefficient (Wildman–Crippen LogP) is 2.69. The van der Waals surface area contributed by atoms with E-state index in [0.717, 1.165) is 23.2 Å². The molecule has 1 aromatic carbocycles. The van der Waals surface area contributed by atoms with Gasteiger partial charge in [0.25, 0.3) is 0 Å². The molecule has 0 spiro atoms. The standard InChI is InChI=1S/C12H15NO2S.C2H6/c1-13-9(12-6-16-12)4-8-2-3-10-11(5-8)15-7-14-10;1-2/h2-3,5,9,12-13H,4,6-7H2,1H3;1-2H3. The van der Waals surface area contributed by atoms with Crippen LogP contribution in [-0.2, 0) is 6.42 Å². The highest BCUT2D eigenvalue weighted by Crippen LogP contribution is 2.36. The Kier molecular flexibility index (Phi) is 4.78. The van der Waals surface area contributed by atoms with Gasteiger partial charge in [0.2, 0.25) is 6.79 Å². The zero-order valence-electron chi connectivity index (χ0n) is 11.2. The highest BCUT2D eigenvalue weighted by atomic mass is 32.2. The minimum Gasteiger partial charge on any atom is -0.454 e. The van der Waals surface area contributed by atoms with Gasteiger partial charge in [0.15, 0.2) is 11.5 Å². The highest BCUT2D eigenvalue weighted by Gasteiger charge is 2.31. The fourth-order valence-corrected chi connectivity index (χ4v) is 2.84. The third-order valence-corrected chi connectivity index (χ3v) is 4.12. The van der Waals surface area contributed by atoms with Crippen LogP contribution >= 0.6 is 11.8 Å². The molecular formula is C14H21NO2S. The molecule has 4 heteroatoms. The van der Waals surface area contributed by atoms with Crippen LogP contribution in [0.5, 0.6) is 11.5 Å². The fourth-order valence-electron chi connectivity index (χ4n) is 2.03. The summed E-state index contributed by atoms with van der Waals surface area (Å²) in [4.78, 5) is 0.